The van der Waals surface area contributed by atoms with Gasteiger partial charge in [-0.25, -0.2) is 0 Å². The van der Waals surface area contributed by atoms with Crippen LogP contribution in [0.1, 0.15) is 57.8 Å². The van der Waals surface area contributed by atoms with Crippen LogP contribution in [-0.4, -0.2) is 17.6 Å². The standard InChI is InChI=1S/C13H24NO2/c14-10-6-5-8-11-7-3-1-2-4-9-12(11)13(15)16/h11-12,14H,1-10H2,(H,15,16). The Morgan fingerprint density at radius 1 is 1.12 bits per heavy atom. The van der Waals surface area contributed by atoms with Crippen molar-refractivity contribution < 1.29 is 9.90 Å². The molecular formula is C13H24NO2. The van der Waals surface area contributed by atoms with Gasteiger partial charge in [0.25, 0.3) is 0 Å². The van der Waals surface area contributed by atoms with Crippen LogP contribution < -0.4 is 5.73 Å². The Bertz CT molecular complexity index is 206. The normalized spacial score (nSPS) is 27.1. The number of aliphatic carboxylic acids is 1. The van der Waals surface area contributed by atoms with Crippen LogP contribution in [0.5, 0.6) is 0 Å². The molecule has 16 heavy (non-hydrogen) atoms. The zero-order chi connectivity index (χ0) is 11.8. The van der Waals surface area contributed by atoms with Gasteiger partial charge in [0.1, 0.15) is 0 Å². The number of nitrogens with one attached hydrogen (secondary N) is 1. The Morgan fingerprint density at radius 3 is 2.44 bits per heavy atom. The highest BCUT2D eigenvalue weighted by atomic mass is 16.4. The van der Waals surface area contributed by atoms with Gasteiger partial charge in [0, 0.05) is 6.54 Å². The van der Waals surface area contributed by atoms with Crippen LogP contribution in [0.15, 0.2) is 0 Å². The lowest BCUT2D eigenvalue weighted by molar-refractivity contribution is -0.144. The molecule has 1 aliphatic carbocycles. The van der Waals surface area contributed by atoms with E-state index in [0.717, 1.165) is 38.5 Å². The van der Waals surface area contributed by atoms with E-state index in [1.165, 1.54) is 19.3 Å². The maximum atomic E-state index is 11.2. The van der Waals surface area contributed by atoms with Gasteiger partial charge in [-0.15, -0.1) is 0 Å². The molecule has 1 aliphatic rings. The second kappa shape index (κ2) is 7.66. The van der Waals surface area contributed by atoms with Crippen molar-refractivity contribution in [3.8, 4) is 0 Å². The van der Waals surface area contributed by atoms with Crippen LogP contribution in [0.3, 0.4) is 0 Å². The molecule has 0 amide bonds. The topological polar surface area (TPSA) is 61.1 Å². The Kier molecular flexibility index (Phi) is 6.46. The molecule has 1 radical (unpaired) electrons. The van der Waals surface area contributed by atoms with Gasteiger partial charge in [-0.1, -0.05) is 32.1 Å². The van der Waals surface area contributed by atoms with Gasteiger partial charge in [-0.3, -0.25) is 10.5 Å². The van der Waals surface area contributed by atoms with E-state index >= 15 is 0 Å². The summed E-state index contributed by atoms with van der Waals surface area (Å²) in [4.78, 5) is 11.2. The fourth-order valence-electron chi connectivity index (χ4n) is 2.76. The van der Waals surface area contributed by atoms with Crippen LogP contribution in [0.4, 0.5) is 0 Å². The van der Waals surface area contributed by atoms with Gasteiger partial charge >= 0.3 is 5.97 Å². The second-order valence-corrected chi connectivity index (χ2v) is 4.94. The average molecular weight is 226 g/mol. The molecule has 1 saturated carbocycles. The molecule has 0 heterocycles. The van der Waals surface area contributed by atoms with E-state index in [9.17, 15) is 9.90 Å². The van der Waals surface area contributed by atoms with Crippen LogP contribution in [0.25, 0.3) is 0 Å². The molecule has 0 saturated heterocycles. The minimum absolute atomic E-state index is 0.119. The van der Waals surface area contributed by atoms with E-state index in [2.05, 4.69) is 0 Å². The van der Waals surface area contributed by atoms with E-state index in [-0.39, 0.29) is 5.92 Å². The molecule has 93 valence electrons. The number of carbonyl (C=O) groups is 1. The number of rotatable bonds is 5. The van der Waals surface area contributed by atoms with Gasteiger partial charge in [0.05, 0.1) is 5.92 Å². The van der Waals surface area contributed by atoms with Crippen LogP contribution in [0.2, 0.25) is 0 Å². The molecule has 2 N–H and O–H groups in total. The summed E-state index contributed by atoms with van der Waals surface area (Å²) in [5.41, 5.74) is 7.12. The monoisotopic (exact) mass is 226 g/mol. The summed E-state index contributed by atoms with van der Waals surface area (Å²) in [6.45, 7) is 0.477. The molecule has 2 atom stereocenters. The van der Waals surface area contributed by atoms with E-state index < -0.39 is 5.97 Å². The van der Waals surface area contributed by atoms with Crippen molar-refractivity contribution in [3.05, 3.63) is 0 Å². The minimum Gasteiger partial charge on any atom is -0.481 e. The highest BCUT2D eigenvalue weighted by Crippen LogP contribution is 2.31. The minimum atomic E-state index is -0.599. The maximum absolute atomic E-state index is 11.2. The largest absolute Gasteiger partial charge is 0.481 e. The summed E-state index contributed by atoms with van der Waals surface area (Å²) in [5.74, 6) is -0.354. The molecular weight excluding hydrogens is 202 g/mol. The molecule has 1 rings (SSSR count). The number of hydrogen-bond donors (Lipinski definition) is 1. The van der Waals surface area contributed by atoms with Crippen molar-refractivity contribution in [3.63, 3.8) is 0 Å². The van der Waals surface area contributed by atoms with Crippen LogP contribution in [-0.2, 0) is 4.79 Å². The highest BCUT2D eigenvalue weighted by Gasteiger charge is 2.27. The van der Waals surface area contributed by atoms with E-state index in [0.29, 0.717) is 12.5 Å². The summed E-state index contributed by atoms with van der Waals surface area (Å²) in [6.07, 6.45) is 9.62. The fraction of sp³-hybridized carbons (Fsp3) is 0.923. The number of hydrogen-bond acceptors (Lipinski definition) is 1. The molecule has 0 spiro atoms. The molecule has 0 aliphatic heterocycles. The predicted molar refractivity (Wildman–Crippen MR) is 64.1 cm³/mol. The zero-order valence-electron chi connectivity index (χ0n) is 10.1. The third-order valence-corrected chi connectivity index (χ3v) is 3.73. The quantitative estimate of drug-likeness (QED) is 0.732. The fourth-order valence-corrected chi connectivity index (χ4v) is 2.76. The van der Waals surface area contributed by atoms with Crippen molar-refractivity contribution in [1.82, 2.24) is 5.73 Å². The van der Waals surface area contributed by atoms with Crippen molar-refractivity contribution in [2.24, 2.45) is 11.8 Å². The smallest absolute Gasteiger partial charge is 0.306 e. The summed E-state index contributed by atoms with van der Waals surface area (Å²) in [7, 11) is 0. The zero-order valence-corrected chi connectivity index (χ0v) is 10.1. The van der Waals surface area contributed by atoms with Crippen molar-refractivity contribution >= 4 is 5.97 Å². The Hall–Kier alpha value is -0.570. The summed E-state index contributed by atoms with van der Waals surface area (Å²) in [6, 6.07) is 0. The van der Waals surface area contributed by atoms with Crippen LogP contribution in [0, 0.1) is 11.8 Å². The molecule has 3 heteroatoms. The van der Waals surface area contributed by atoms with Gasteiger partial charge in [-0.05, 0) is 31.6 Å². The Balaban J connectivity index is 2.46. The SMILES string of the molecule is [NH]CCCCC1CCCCCCC1C(=O)O. The van der Waals surface area contributed by atoms with Crippen molar-refractivity contribution in [2.45, 2.75) is 57.8 Å². The molecule has 0 aromatic heterocycles. The number of carboxylic acid groups (broad SMARTS) is 1. The molecule has 2 unspecified atom stereocenters. The van der Waals surface area contributed by atoms with E-state index in [4.69, 9.17) is 5.73 Å². The maximum Gasteiger partial charge on any atom is 0.306 e. The Labute approximate surface area is 98.4 Å². The van der Waals surface area contributed by atoms with Gasteiger partial charge in [0.2, 0.25) is 0 Å². The van der Waals surface area contributed by atoms with E-state index in [1.54, 1.807) is 0 Å². The first-order chi connectivity index (χ1) is 7.75. The van der Waals surface area contributed by atoms with Gasteiger partial charge < -0.3 is 5.11 Å². The third kappa shape index (κ3) is 4.52. The molecule has 1 fully saturated rings. The number of unbranched alkanes of at least 4 members (excludes halogenated alkanes) is 1. The van der Waals surface area contributed by atoms with Crippen LogP contribution >= 0.6 is 0 Å². The number of carboxylic acids is 1. The molecule has 0 aromatic carbocycles. The Morgan fingerprint density at radius 2 is 1.81 bits per heavy atom. The highest BCUT2D eigenvalue weighted by molar-refractivity contribution is 5.70. The predicted octanol–water partition coefficient (Wildman–Crippen LogP) is 3.11. The summed E-state index contributed by atoms with van der Waals surface area (Å²) >= 11 is 0. The average Bonchev–Trinajstić information content (AvgIpc) is 2.21. The van der Waals surface area contributed by atoms with Crippen molar-refractivity contribution in [1.29, 1.82) is 0 Å². The lowest BCUT2D eigenvalue weighted by Gasteiger charge is -2.26. The van der Waals surface area contributed by atoms with E-state index in [1.807, 2.05) is 0 Å². The first-order valence-electron chi connectivity index (χ1n) is 6.63. The molecule has 0 aromatic rings. The molecule has 0 bridgehead atoms. The lowest BCUT2D eigenvalue weighted by atomic mass is 9.79. The second-order valence-electron chi connectivity index (χ2n) is 4.94. The third-order valence-electron chi connectivity index (χ3n) is 3.73. The first kappa shape index (κ1) is 13.5. The summed E-state index contributed by atoms with van der Waals surface area (Å²) in [5, 5.41) is 9.24. The summed E-state index contributed by atoms with van der Waals surface area (Å²) < 4.78 is 0. The first-order valence-corrected chi connectivity index (χ1v) is 6.63. The van der Waals surface area contributed by atoms with Gasteiger partial charge in [0.15, 0.2) is 0 Å². The molecule has 3 nitrogen and oxygen atoms in total. The van der Waals surface area contributed by atoms with Gasteiger partial charge in [-0.2, -0.15) is 0 Å². The lowest BCUT2D eigenvalue weighted by Crippen LogP contribution is -2.25. The van der Waals surface area contributed by atoms with Crippen molar-refractivity contribution in [2.75, 3.05) is 6.54 Å².